The first-order chi connectivity index (χ1) is 9.13. The topological polar surface area (TPSA) is 104 Å². The number of aromatic nitrogens is 3. The number of imidazole rings is 1. The van der Waals surface area contributed by atoms with Gasteiger partial charge in [-0.2, -0.15) is 0 Å². The van der Waals surface area contributed by atoms with Crippen LogP contribution in [0.5, 0.6) is 0 Å². The number of pyridine rings is 1. The van der Waals surface area contributed by atoms with Crippen molar-refractivity contribution >= 4 is 23.3 Å². The predicted octanol–water partition coefficient (Wildman–Crippen LogP) is -0.295. The number of ether oxygens (including phenoxy) is 1. The van der Waals surface area contributed by atoms with Crippen LogP contribution < -0.4 is 0 Å². The van der Waals surface area contributed by atoms with Gasteiger partial charge < -0.3 is 29.6 Å². The zero-order valence-corrected chi connectivity index (χ0v) is 10.6. The Morgan fingerprint density at radius 3 is 2.89 bits per heavy atom. The van der Waals surface area contributed by atoms with Crippen LogP contribution in [0.15, 0.2) is 18.6 Å². The van der Waals surface area contributed by atoms with Crippen LogP contribution in [0, 0.1) is 4.64 Å². The molecule has 4 N–H and O–H groups in total. The van der Waals surface area contributed by atoms with Crippen LogP contribution in [-0.2, 0) is 4.74 Å². The normalized spacial score (nSPS) is 31.1. The number of hydrogen-bond acceptors (Lipinski definition) is 6. The van der Waals surface area contributed by atoms with Gasteiger partial charge >= 0.3 is 0 Å². The van der Waals surface area contributed by atoms with Crippen LogP contribution in [0.3, 0.4) is 0 Å². The van der Waals surface area contributed by atoms with E-state index in [2.05, 4.69) is 9.97 Å². The van der Waals surface area contributed by atoms with Crippen molar-refractivity contribution in [2.45, 2.75) is 24.5 Å². The minimum absolute atomic E-state index is 0.360. The van der Waals surface area contributed by atoms with Crippen molar-refractivity contribution in [3.05, 3.63) is 23.2 Å². The molecule has 0 bridgehead atoms. The van der Waals surface area contributed by atoms with E-state index in [1.807, 2.05) is 0 Å². The molecule has 1 unspecified atom stereocenters. The lowest BCUT2D eigenvalue weighted by Gasteiger charge is -2.16. The maximum atomic E-state index is 9.99. The van der Waals surface area contributed by atoms with Crippen LogP contribution in [0.1, 0.15) is 6.23 Å². The number of aliphatic hydroxyl groups excluding tert-OH is 3. The van der Waals surface area contributed by atoms with Gasteiger partial charge in [0.1, 0.15) is 28.5 Å². The molecule has 102 valence electrons. The zero-order chi connectivity index (χ0) is 13.6. The van der Waals surface area contributed by atoms with E-state index in [0.717, 1.165) is 0 Å². The summed E-state index contributed by atoms with van der Waals surface area (Å²) in [5, 5.41) is 28.8. The Hall–Kier alpha value is -1.32. The lowest BCUT2D eigenvalue weighted by molar-refractivity contribution is -0.0508. The molecule has 2 aromatic heterocycles. The average molecular weight is 283 g/mol. The molecule has 4 atom stereocenters. The van der Waals surface area contributed by atoms with Crippen molar-refractivity contribution in [2.24, 2.45) is 0 Å². The maximum Gasteiger partial charge on any atom is 0.164 e. The highest BCUT2D eigenvalue weighted by atomic mass is 32.1. The van der Waals surface area contributed by atoms with Crippen molar-refractivity contribution in [3.63, 3.8) is 0 Å². The average Bonchev–Trinajstić information content (AvgIpc) is 2.94. The molecule has 1 saturated heterocycles. The van der Waals surface area contributed by atoms with Crippen LogP contribution in [0.2, 0.25) is 0 Å². The van der Waals surface area contributed by atoms with E-state index in [4.69, 9.17) is 22.1 Å². The Kier molecular flexibility index (Phi) is 3.11. The van der Waals surface area contributed by atoms with E-state index < -0.39 is 24.5 Å². The first-order valence-corrected chi connectivity index (χ1v) is 6.21. The van der Waals surface area contributed by atoms with Gasteiger partial charge in [0.25, 0.3) is 0 Å². The summed E-state index contributed by atoms with van der Waals surface area (Å²) >= 11 is 5.12. The summed E-state index contributed by atoms with van der Waals surface area (Å²) in [6.07, 6.45) is -0.707. The van der Waals surface area contributed by atoms with Crippen LogP contribution in [0.25, 0.3) is 11.0 Å². The molecule has 8 heteroatoms. The molecule has 19 heavy (non-hydrogen) atoms. The third-order valence-corrected chi connectivity index (χ3v) is 3.61. The summed E-state index contributed by atoms with van der Waals surface area (Å²) < 4.78 is 7.54. The molecular formula is C11H13N3O4S. The molecule has 0 amide bonds. The van der Waals surface area contributed by atoms with E-state index in [1.165, 1.54) is 6.33 Å². The highest BCUT2D eigenvalue weighted by Gasteiger charge is 2.43. The number of hydrogen-bond donors (Lipinski definition) is 4. The van der Waals surface area contributed by atoms with Gasteiger partial charge in [-0.3, -0.25) is 0 Å². The SMILES string of the molecule is OC[C@H]1OC(n2cnc3c(=S)[nH]ccc32)[C@H](O)[C@@H]1O. The van der Waals surface area contributed by atoms with Gasteiger partial charge in [0.05, 0.1) is 18.5 Å². The van der Waals surface area contributed by atoms with Crippen molar-refractivity contribution < 1.29 is 20.1 Å². The van der Waals surface area contributed by atoms with Gasteiger partial charge in [-0.1, -0.05) is 12.2 Å². The van der Waals surface area contributed by atoms with Gasteiger partial charge in [-0.05, 0) is 6.07 Å². The molecule has 0 aliphatic carbocycles. The molecule has 1 aliphatic rings. The maximum absolute atomic E-state index is 9.99. The Labute approximate surface area is 113 Å². The Morgan fingerprint density at radius 2 is 2.21 bits per heavy atom. The lowest BCUT2D eigenvalue weighted by atomic mass is 10.1. The summed E-state index contributed by atoms with van der Waals surface area (Å²) in [6.45, 7) is -0.360. The highest BCUT2D eigenvalue weighted by molar-refractivity contribution is 7.71. The molecule has 2 aromatic rings. The summed E-state index contributed by atoms with van der Waals surface area (Å²) in [5.74, 6) is 0. The standard InChI is InChI=1S/C11H13N3O4S/c15-3-6-8(16)9(17)11(18-6)14-4-13-7-5(14)1-2-12-10(7)19/h1-2,4,6,8-9,11,15-17H,3H2,(H,12,19)/t6-,8-,9-,11?/m1/s1. The van der Waals surface area contributed by atoms with Crippen molar-refractivity contribution in [3.8, 4) is 0 Å². The van der Waals surface area contributed by atoms with Gasteiger partial charge in [-0.25, -0.2) is 4.98 Å². The monoisotopic (exact) mass is 283 g/mol. The number of H-pyrrole nitrogens is 1. The second-order valence-electron chi connectivity index (χ2n) is 4.42. The molecular weight excluding hydrogens is 270 g/mol. The summed E-state index contributed by atoms with van der Waals surface area (Å²) in [6, 6.07) is 1.76. The summed E-state index contributed by atoms with van der Waals surface area (Å²) in [5.41, 5.74) is 1.29. The van der Waals surface area contributed by atoms with E-state index in [1.54, 1.807) is 16.8 Å². The van der Waals surface area contributed by atoms with E-state index in [9.17, 15) is 10.2 Å². The third-order valence-electron chi connectivity index (χ3n) is 3.29. The fourth-order valence-electron chi connectivity index (χ4n) is 2.29. The number of fused-ring (bicyclic) bond motifs is 1. The second kappa shape index (κ2) is 4.66. The molecule has 0 radical (unpaired) electrons. The minimum Gasteiger partial charge on any atom is -0.394 e. The highest BCUT2D eigenvalue weighted by Crippen LogP contribution is 2.31. The first kappa shape index (κ1) is 12.7. The molecule has 0 saturated carbocycles. The molecule has 3 rings (SSSR count). The Morgan fingerprint density at radius 1 is 1.42 bits per heavy atom. The summed E-state index contributed by atoms with van der Waals surface area (Å²) in [7, 11) is 0. The molecule has 7 nitrogen and oxygen atoms in total. The van der Waals surface area contributed by atoms with Crippen LogP contribution in [0.4, 0.5) is 0 Å². The fourth-order valence-corrected chi connectivity index (χ4v) is 2.51. The largest absolute Gasteiger partial charge is 0.394 e. The molecule has 0 aromatic carbocycles. The molecule has 1 aliphatic heterocycles. The Bertz CT molecular complexity index is 655. The number of nitrogens with zero attached hydrogens (tertiary/aromatic N) is 2. The van der Waals surface area contributed by atoms with Gasteiger partial charge in [0.2, 0.25) is 0 Å². The molecule has 1 fully saturated rings. The number of aromatic amines is 1. The fraction of sp³-hybridized carbons (Fsp3) is 0.455. The number of aliphatic hydroxyl groups is 3. The van der Waals surface area contributed by atoms with E-state index in [0.29, 0.717) is 15.7 Å². The lowest BCUT2D eigenvalue weighted by Crippen LogP contribution is -2.33. The van der Waals surface area contributed by atoms with Crippen molar-refractivity contribution in [1.82, 2.24) is 14.5 Å². The Balaban J connectivity index is 2.06. The molecule has 0 spiro atoms. The number of rotatable bonds is 2. The van der Waals surface area contributed by atoms with Gasteiger partial charge in [0.15, 0.2) is 6.23 Å². The quantitative estimate of drug-likeness (QED) is 0.565. The van der Waals surface area contributed by atoms with Crippen LogP contribution >= 0.6 is 12.2 Å². The van der Waals surface area contributed by atoms with Crippen molar-refractivity contribution in [2.75, 3.05) is 6.61 Å². The van der Waals surface area contributed by atoms with Crippen LogP contribution in [-0.4, -0.2) is 54.8 Å². The first-order valence-electron chi connectivity index (χ1n) is 5.80. The minimum atomic E-state index is -1.13. The second-order valence-corrected chi connectivity index (χ2v) is 4.83. The zero-order valence-electron chi connectivity index (χ0n) is 9.80. The van der Waals surface area contributed by atoms with E-state index >= 15 is 0 Å². The summed E-state index contributed by atoms with van der Waals surface area (Å²) in [4.78, 5) is 7.03. The van der Waals surface area contributed by atoms with Crippen molar-refractivity contribution in [1.29, 1.82) is 0 Å². The smallest absolute Gasteiger partial charge is 0.164 e. The molecule has 3 heterocycles. The third kappa shape index (κ3) is 1.88. The van der Waals surface area contributed by atoms with Gasteiger partial charge in [-0.15, -0.1) is 0 Å². The number of nitrogens with one attached hydrogen (secondary N) is 1. The predicted molar refractivity (Wildman–Crippen MR) is 67.9 cm³/mol. The van der Waals surface area contributed by atoms with Gasteiger partial charge in [0, 0.05) is 6.20 Å². The van der Waals surface area contributed by atoms with E-state index in [-0.39, 0.29) is 6.61 Å².